The van der Waals surface area contributed by atoms with Gasteiger partial charge in [0.05, 0.1) is 24.7 Å². The summed E-state index contributed by atoms with van der Waals surface area (Å²) in [7, 11) is 1.54. The summed E-state index contributed by atoms with van der Waals surface area (Å²) < 4.78 is 9.00. The molecule has 0 unspecified atom stereocenters. The van der Waals surface area contributed by atoms with Gasteiger partial charge in [0.15, 0.2) is 5.82 Å². The Morgan fingerprint density at radius 2 is 1.80 bits per heavy atom. The van der Waals surface area contributed by atoms with E-state index in [1.807, 2.05) is 67.2 Å². The van der Waals surface area contributed by atoms with E-state index in [0.29, 0.717) is 27.8 Å². The van der Waals surface area contributed by atoms with Crippen LogP contribution in [-0.4, -0.2) is 27.4 Å². The molecule has 4 aromatic rings. The van der Waals surface area contributed by atoms with Gasteiger partial charge >= 0.3 is 0 Å². The third-order valence-corrected chi connectivity index (χ3v) is 5.25. The molecule has 2 heterocycles. The zero-order chi connectivity index (χ0) is 21.3. The quantitative estimate of drug-likeness (QED) is 0.483. The molecule has 2 aromatic heterocycles. The number of rotatable bonds is 5. The number of nitrogens with zero attached hydrogens (tertiary/aromatic N) is 3. The smallest absolute Gasteiger partial charge is 0.261 e. The highest BCUT2D eigenvalue weighted by atomic mass is 35.5. The first kappa shape index (κ1) is 19.8. The van der Waals surface area contributed by atoms with Crippen LogP contribution in [0.4, 0.5) is 5.69 Å². The molecule has 1 amide bonds. The minimum Gasteiger partial charge on any atom is -0.495 e. The number of nitrogens with one attached hydrogen (secondary N) is 1. The molecule has 0 aliphatic rings. The van der Waals surface area contributed by atoms with Crippen molar-refractivity contribution in [2.24, 2.45) is 0 Å². The van der Waals surface area contributed by atoms with Crippen molar-refractivity contribution in [2.75, 3.05) is 12.4 Å². The summed E-state index contributed by atoms with van der Waals surface area (Å²) in [4.78, 5) is 13.2. The van der Waals surface area contributed by atoms with Crippen molar-refractivity contribution in [1.29, 1.82) is 0 Å². The minimum atomic E-state index is -0.294. The Kier molecular flexibility index (Phi) is 5.33. The SMILES string of the molecule is COc1cc(Cl)c(C)cc1NC(=O)c1cnn(-c2ccc(C)cc2)c1-n1cccc1. The number of amides is 1. The van der Waals surface area contributed by atoms with Crippen molar-refractivity contribution >= 4 is 23.2 Å². The molecule has 0 radical (unpaired) electrons. The molecular formula is C23H21ClN4O2. The largest absolute Gasteiger partial charge is 0.495 e. The van der Waals surface area contributed by atoms with Gasteiger partial charge in [-0.15, -0.1) is 0 Å². The molecule has 0 atom stereocenters. The van der Waals surface area contributed by atoms with E-state index in [4.69, 9.17) is 16.3 Å². The van der Waals surface area contributed by atoms with E-state index in [-0.39, 0.29) is 5.91 Å². The topological polar surface area (TPSA) is 61.1 Å². The number of carbonyl (C=O) groups is 1. The summed E-state index contributed by atoms with van der Waals surface area (Å²) in [6.45, 7) is 3.90. The van der Waals surface area contributed by atoms with Crippen molar-refractivity contribution in [3.63, 3.8) is 0 Å². The van der Waals surface area contributed by atoms with Gasteiger partial charge in [0.2, 0.25) is 0 Å². The lowest BCUT2D eigenvalue weighted by Crippen LogP contribution is -2.16. The average molecular weight is 421 g/mol. The molecule has 0 bridgehead atoms. The maximum Gasteiger partial charge on any atom is 0.261 e. The average Bonchev–Trinajstić information content (AvgIpc) is 3.40. The summed E-state index contributed by atoms with van der Waals surface area (Å²) in [5.74, 6) is 0.843. The first-order chi connectivity index (χ1) is 14.5. The lowest BCUT2D eigenvalue weighted by atomic mass is 10.2. The summed E-state index contributed by atoms with van der Waals surface area (Å²) in [6, 6.07) is 15.3. The maximum atomic E-state index is 13.2. The van der Waals surface area contributed by atoms with Crippen LogP contribution in [0, 0.1) is 13.8 Å². The zero-order valence-corrected chi connectivity index (χ0v) is 17.6. The van der Waals surface area contributed by atoms with Crippen LogP contribution in [-0.2, 0) is 0 Å². The van der Waals surface area contributed by atoms with Crippen molar-refractivity contribution in [1.82, 2.24) is 14.3 Å². The number of ether oxygens (including phenoxy) is 1. The Bertz CT molecular complexity index is 1190. The van der Waals surface area contributed by atoms with Crippen molar-refractivity contribution in [3.8, 4) is 17.3 Å². The van der Waals surface area contributed by atoms with Crippen LogP contribution < -0.4 is 10.1 Å². The molecule has 0 spiro atoms. The molecule has 2 aromatic carbocycles. The highest BCUT2D eigenvalue weighted by Crippen LogP contribution is 2.32. The second kappa shape index (κ2) is 8.08. The lowest BCUT2D eigenvalue weighted by Gasteiger charge is -2.14. The lowest BCUT2D eigenvalue weighted by molar-refractivity contribution is 0.102. The molecule has 0 aliphatic carbocycles. The van der Waals surface area contributed by atoms with Gasteiger partial charge in [-0.1, -0.05) is 29.3 Å². The number of methoxy groups -OCH3 is 1. The third-order valence-electron chi connectivity index (χ3n) is 4.84. The van der Waals surface area contributed by atoms with Crippen LogP contribution >= 0.6 is 11.6 Å². The number of halogens is 1. The fraction of sp³-hybridized carbons (Fsp3) is 0.130. The second-order valence-corrected chi connectivity index (χ2v) is 7.38. The molecule has 0 aliphatic heterocycles. The Morgan fingerprint density at radius 1 is 1.10 bits per heavy atom. The molecule has 0 fully saturated rings. The Morgan fingerprint density at radius 3 is 2.47 bits per heavy atom. The predicted octanol–water partition coefficient (Wildman–Crippen LogP) is 5.19. The van der Waals surface area contributed by atoms with Gasteiger partial charge in [-0.05, 0) is 49.7 Å². The fourth-order valence-corrected chi connectivity index (χ4v) is 3.37. The van der Waals surface area contributed by atoms with Crippen LogP contribution in [0.2, 0.25) is 5.02 Å². The van der Waals surface area contributed by atoms with Gasteiger partial charge in [-0.25, -0.2) is 4.68 Å². The summed E-state index contributed by atoms with van der Waals surface area (Å²) >= 11 is 6.18. The minimum absolute atomic E-state index is 0.294. The van der Waals surface area contributed by atoms with Gasteiger partial charge < -0.3 is 14.6 Å². The highest BCUT2D eigenvalue weighted by Gasteiger charge is 2.21. The van der Waals surface area contributed by atoms with E-state index in [0.717, 1.165) is 16.8 Å². The normalized spacial score (nSPS) is 10.8. The van der Waals surface area contributed by atoms with E-state index in [9.17, 15) is 4.79 Å². The number of aromatic nitrogens is 3. The predicted molar refractivity (Wildman–Crippen MR) is 118 cm³/mol. The highest BCUT2D eigenvalue weighted by molar-refractivity contribution is 6.31. The molecule has 0 saturated heterocycles. The fourth-order valence-electron chi connectivity index (χ4n) is 3.22. The van der Waals surface area contributed by atoms with Gasteiger partial charge in [0.25, 0.3) is 5.91 Å². The van der Waals surface area contributed by atoms with Gasteiger partial charge in [-0.2, -0.15) is 5.10 Å². The van der Waals surface area contributed by atoms with Crippen molar-refractivity contribution < 1.29 is 9.53 Å². The number of anilines is 1. The maximum absolute atomic E-state index is 13.2. The van der Waals surface area contributed by atoms with E-state index in [1.165, 1.54) is 7.11 Å². The van der Waals surface area contributed by atoms with E-state index in [2.05, 4.69) is 10.4 Å². The number of carbonyl (C=O) groups excluding carboxylic acids is 1. The van der Waals surface area contributed by atoms with Gasteiger partial charge in [-0.3, -0.25) is 4.79 Å². The summed E-state index contributed by atoms with van der Waals surface area (Å²) in [6.07, 6.45) is 5.33. The van der Waals surface area contributed by atoms with Crippen molar-refractivity contribution in [2.45, 2.75) is 13.8 Å². The second-order valence-electron chi connectivity index (χ2n) is 6.98. The first-order valence-electron chi connectivity index (χ1n) is 9.42. The Hall–Kier alpha value is -3.51. The van der Waals surface area contributed by atoms with Crippen LogP contribution in [0.5, 0.6) is 5.75 Å². The van der Waals surface area contributed by atoms with Crippen LogP contribution in [0.15, 0.2) is 67.1 Å². The monoisotopic (exact) mass is 420 g/mol. The molecule has 1 N–H and O–H groups in total. The van der Waals surface area contributed by atoms with Gasteiger partial charge in [0.1, 0.15) is 11.3 Å². The number of aryl methyl sites for hydroxylation is 2. The first-order valence-corrected chi connectivity index (χ1v) is 9.79. The standard InChI is InChI=1S/C23H21ClN4O2/c1-15-6-8-17(9-7-15)28-23(27-10-4-5-11-27)18(14-25-28)22(29)26-20-12-16(2)19(24)13-21(20)30-3/h4-14H,1-3H3,(H,26,29). The van der Waals surface area contributed by atoms with E-state index in [1.54, 1.807) is 23.0 Å². The number of benzene rings is 2. The molecule has 152 valence electrons. The molecule has 4 rings (SSSR count). The van der Waals surface area contributed by atoms with Crippen molar-refractivity contribution in [3.05, 3.63) is 88.8 Å². The van der Waals surface area contributed by atoms with E-state index < -0.39 is 0 Å². The van der Waals surface area contributed by atoms with Crippen LogP contribution in [0.3, 0.4) is 0 Å². The summed E-state index contributed by atoms with van der Waals surface area (Å²) in [5.41, 5.74) is 3.83. The van der Waals surface area contributed by atoms with Crippen LogP contribution in [0.1, 0.15) is 21.5 Å². The molecule has 30 heavy (non-hydrogen) atoms. The molecule has 0 saturated carbocycles. The zero-order valence-electron chi connectivity index (χ0n) is 16.9. The van der Waals surface area contributed by atoms with Crippen LogP contribution in [0.25, 0.3) is 11.5 Å². The van der Waals surface area contributed by atoms with Gasteiger partial charge in [0, 0.05) is 23.5 Å². The number of hydrogen-bond acceptors (Lipinski definition) is 3. The molecule has 6 nitrogen and oxygen atoms in total. The molecule has 7 heteroatoms. The number of hydrogen-bond donors (Lipinski definition) is 1. The summed E-state index contributed by atoms with van der Waals surface area (Å²) in [5, 5.41) is 8.00. The van der Waals surface area contributed by atoms with E-state index >= 15 is 0 Å². The molecular weight excluding hydrogens is 400 g/mol. The third kappa shape index (κ3) is 3.69. The Labute approximate surface area is 179 Å². The Balaban J connectivity index is 1.77.